The number of nitriles is 1. The van der Waals surface area contributed by atoms with Crippen LogP contribution in [0.1, 0.15) is 54.2 Å². The van der Waals surface area contributed by atoms with Crippen molar-refractivity contribution in [3.8, 4) is 6.07 Å². The van der Waals surface area contributed by atoms with Gasteiger partial charge in [-0.1, -0.05) is 0 Å². The molecule has 9 nitrogen and oxygen atoms in total. The average Bonchev–Trinajstić information content (AvgIpc) is 3.12. The summed E-state index contributed by atoms with van der Waals surface area (Å²) in [5.74, 6) is -1.36. The maximum atomic E-state index is 12.4. The molecule has 0 aromatic carbocycles. The molecule has 1 aromatic rings. The summed E-state index contributed by atoms with van der Waals surface area (Å²) in [6.07, 6.45) is 2.16. The monoisotopic (exact) mass is 400 g/mol. The maximum Gasteiger partial charge on any atom is 0.340 e. The molecule has 2 fully saturated rings. The van der Waals surface area contributed by atoms with E-state index in [4.69, 9.17) is 4.74 Å². The summed E-state index contributed by atoms with van der Waals surface area (Å²) >= 11 is 0. The first kappa shape index (κ1) is 20.6. The van der Waals surface area contributed by atoms with Crippen molar-refractivity contribution in [2.75, 3.05) is 31.1 Å². The third-order valence-electron chi connectivity index (χ3n) is 5.35. The zero-order valence-electron chi connectivity index (χ0n) is 16.4. The van der Waals surface area contributed by atoms with E-state index < -0.39 is 17.9 Å². The van der Waals surface area contributed by atoms with Crippen LogP contribution in [0.2, 0.25) is 0 Å². The van der Waals surface area contributed by atoms with Crippen molar-refractivity contribution in [2.45, 2.75) is 39.2 Å². The van der Waals surface area contributed by atoms with Gasteiger partial charge in [-0.3, -0.25) is 9.59 Å². The highest BCUT2D eigenvalue weighted by molar-refractivity contribution is 5.92. The summed E-state index contributed by atoms with van der Waals surface area (Å²) in [5.41, 5.74) is 0.818. The van der Waals surface area contributed by atoms with Crippen molar-refractivity contribution in [3.63, 3.8) is 0 Å². The molecule has 9 heteroatoms. The Kier molecular flexibility index (Phi) is 6.32. The van der Waals surface area contributed by atoms with Gasteiger partial charge in [-0.2, -0.15) is 5.26 Å². The Morgan fingerprint density at radius 1 is 1.34 bits per heavy atom. The van der Waals surface area contributed by atoms with E-state index in [1.54, 1.807) is 11.8 Å². The molecule has 2 saturated heterocycles. The highest BCUT2D eigenvalue weighted by Crippen LogP contribution is 2.28. The molecule has 2 aliphatic rings. The number of ether oxygens (including phenoxy) is 1. The van der Waals surface area contributed by atoms with E-state index in [9.17, 15) is 24.8 Å². The molecule has 0 saturated carbocycles. The number of amides is 1. The van der Waals surface area contributed by atoms with E-state index in [1.807, 2.05) is 4.90 Å². The smallest absolute Gasteiger partial charge is 0.340 e. The molecule has 1 amide bonds. The van der Waals surface area contributed by atoms with Crippen molar-refractivity contribution >= 4 is 23.7 Å². The second kappa shape index (κ2) is 8.90. The number of anilines is 1. The average molecular weight is 400 g/mol. The summed E-state index contributed by atoms with van der Waals surface area (Å²) < 4.78 is 5.11. The van der Waals surface area contributed by atoms with Crippen LogP contribution in [-0.4, -0.2) is 59.1 Å². The summed E-state index contributed by atoms with van der Waals surface area (Å²) in [6.45, 7) is 3.58. The van der Waals surface area contributed by atoms with Gasteiger partial charge in [0.25, 0.3) is 0 Å². The van der Waals surface area contributed by atoms with Crippen LogP contribution in [0.25, 0.3) is 0 Å². The second-order valence-corrected chi connectivity index (χ2v) is 7.20. The van der Waals surface area contributed by atoms with Crippen molar-refractivity contribution in [1.82, 2.24) is 9.88 Å². The molecule has 29 heavy (non-hydrogen) atoms. The number of likely N-dealkylation sites (tertiary alicyclic amines) is 1. The molecular formula is C20H24N4O5. The number of hydrogen-bond acceptors (Lipinski definition) is 7. The van der Waals surface area contributed by atoms with Gasteiger partial charge < -0.3 is 19.6 Å². The first-order chi connectivity index (χ1) is 13.9. The minimum absolute atomic E-state index is 0.00907. The van der Waals surface area contributed by atoms with Crippen molar-refractivity contribution < 1.29 is 24.2 Å². The molecule has 0 unspecified atom stereocenters. The number of aromatic nitrogens is 1. The van der Waals surface area contributed by atoms with Crippen LogP contribution in [0.15, 0.2) is 6.07 Å². The molecule has 0 spiro atoms. The van der Waals surface area contributed by atoms with Crippen molar-refractivity contribution in [3.05, 3.63) is 22.9 Å². The summed E-state index contributed by atoms with van der Waals surface area (Å²) in [7, 11) is 0. The Hall–Kier alpha value is -3.15. The fraction of sp³-hybridized carbons (Fsp3) is 0.550. The van der Waals surface area contributed by atoms with Gasteiger partial charge in [-0.05, 0) is 32.3 Å². The lowest BCUT2D eigenvalue weighted by molar-refractivity contribution is -0.142. The highest BCUT2D eigenvalue weighted by Gasteiger charge is 2.29. The lowest BCUT2D eigenvalue weighted by Gasteiger charge is -2.32. The van der Waals surface area contributed by atoms with Gasteiger partial charge in [0.2, 0.25) is 5.91 Å². The molecule has 0 bridgehead atoms. The van der Waals surface area contributed by atoms with Gasteiger partial charge in [-0.15, -0.1) is 0 Å². The number of carboxylic acids is 1. The van der Waals surface area contributed by atoms with Crippen LogP contribution in [0.3, 0.4) is 0 Å². The van der Waals surface area contributed by atoms with Crippen LogP contribution in [0.4, 0.5) is 5.82 Å². The minimum atomic E-state index is -0.816. The largest absolute Gasteiger partial charge is 0.481 e. The molecular weight excluding hydrogens is 376 g/mol. The number of aliphatic carboxylic acids is 1. The second-order valence-electron chi connectivity index (χ2n) is 7.20. The Morgan fingerprint density at radius 3 is 2.62 bits per heavy atom. The maximum absolute atomic E-state index is 12.4. The molecule has 1 N–H and O–H groups in total. The van der Waals surface area contributed by atoms with E-state index in [1.165, 1.54) is 6.07 Å². The quantitative estimate of drug-likeness (QED) is 0.714. The molecule has 154 valence electrons. The third-order valence-corrected chi connectivity index (χ3v) is 5.35. The molecule has 0 aliphatic carbocycles. The minimum Gasteiger partial charge on any atom is -0.481 e. The number of hydrogen-bond donors (Lipinski definition) is 1. The Balaban J connectivity index is 1.95. The molecule has 0 atom stereocenters. The number of carbonyl (C=O) groups is 3. The zero-order chi connectivity index (χ0) is 21.0. The first-order valence-electron chi connectivity index (χ1n) is 9.81. The standard InChI is InChI=1S/C20H24N4O5/c1-2-29-20(28)15-10-14(11-21)18(23-8-5-13(6-9-23)19(26)27)22-16(15)12-24-7-3-4-17(24)25/h10,13H,2-9,12H2,1H3,(H,26,27). The SMILES string of the molecule is CCOC(=O)c1cc(C#N)c(N2CCC(C(=O)O)CC2)nc1CN1CCCC1=O. The fourth-order valence-electron chi connectivity index (χ4n) is 3.76. The Bertz CT molecular complexity index is 855. The number of carbonyl (C=O) groups excluding carboxylic acids is 2. The lowest BCUT2D eigenvalue weighted by Crippen LogP contribution is -2.37. The van der Waals surface area contributed by atoms with Crippen molar-refractivity contribution in [2.24, 2.45) is 5.92 Å². The van der Waals surface area contributed by atoms with E-state index in [0.29, 0.717) is 50.4 Å². The number of nitrogens with zero attached hydrogens (tertiary/aromatic N) is 4. The molecule has 1 aromatic heterocycles. The van der Waals surface area contributed by atoms with Crippen LogP contribution in [0.5, 0.6) is 0 Å². The highest BCUT2D eigenvalue weighted by atomic mass is 16.5. The zero-order valence-corrected chi connectivity index (χ0v) is 16.4. The predicted octanol–water partition coefficient (Wildman–Crippen LogP) is 1.55. The Labute approximate surface area is 168 Å². The molecule has 3 heterocycles. The van der Waals surface area contributed by atoms with Crippen LogP contribution < -0.4 is 4.90 Å². The topological polar surface area (TPSA) is 124 Å². The number of pyridine rings is 1. The Morgan fingerprint density at radius 2 is 2.07 bits per heavy atom. The van der Waals surface area contributed by atoms with E-state index in [0.717, 1.165) is 6.42 Å². The van der Waals surface area contributed by atoms with E-state index in [-0.39, 0.29) is 30.2 Å². The van der Waals surface area contributed by atoms with Gasteiger partial charge in [0.15, 0.2) is 0 Å². The number of rotatable bonds is 6. The summed E-state index contributed by atoms with van der Waals surface area (Å²) in [6, 6.07) is 3.56. The van der Waals surface area contributed by atoms with Crippen molar-refractivity contribution in [1.29, 1.82) is 5.26 Å². The summed E-state index contributed by atoms with van der Waals surface area (Å²) in [4.78, 5) is 43.8. The lowest BCUT2D eigenvalue weighted by atomic mass is 9.96. The first-order valence-corrected chi connectivity index (χ1v) is 9.81. The van der Waals surface area contributed by atoms with Gasteiger partial charge in [0.1, 0.15) is 11.9 Å². The van der Waals surface area contributed by atoms with Gasteiger partial charge in [0, 0.05) is 26.1 Å². The normalized spacial score (nSPS) is 17.3. The van der Waals surface area contributed by atoms with Gasteiger partial charge in [0.05, 0.1) is 35.9 Å². The molecule has 3 rings (SSSR count). The molecule has 2 aliphatic heterocycles. The number of piperidine rings is 1. The summed E-state index contributed by atoms with van der Waals surface area (Å²) in [5, 5.41) is 18.8. The van der Waals surface area contributed by atoms with Crippen LogP contribution >= 0.6 is 0 Å². The number of carboxylic acid groups (broad SMARTS) is 1. The van der Waals surface area contributed by atoms with Crippen LogP contribution in [0, 0.1) is 17.2 Å². The fourth-order valence-corrected chi connectivity index (χ4v) is 3.76. The van der Waals surface area contributed by atoms with Gasteiger partial charge in [-0.25, -0.2) is 9.78 Å². The van der Waals surface area contributed by atoms with Crippen LogP contribution in [-0.2, 0) is 20.9 Å². The van der Waals surface area contributed by atoms with Gasteiger partial charge >= 0.3 is 11.9 Å². The third kappa shape index (κ3) is 4.47. The van der Waals surface area contributed by atoms with E-state index >= 15 is 0 Å². The predicted molar refractivity (Wildman–Crippen MR) is 102 cm³/mol. The van der Waals surface area contributed by atoms with E-state index in [2.05, 4.69) is 11.1 Å². The number of esters is 1. The molecule has 0 radical (unpaired) electrons.